The summed E-state index contributed by atoms with van der Waals surface area (Å²) in [6.07, 6.45) is 3.00. The average molecular weight is 242 g/mol. The first-order valence-electron chi connectivity index (χ1n) is 6.06. The molecule has 0 unspecified atom stereocenters. The Bertz CT molecular complexity index is 294. The van der Waals surface area contributed by atoms with Gasteiger partial charge in [-0.25, -0.2) is 0 Å². The molecule has 2 N–H and O–H groups in total. The van der Waals surface area contributed by atoms with E-state index in [-0.39, 0.29) is 12.5 Å². The molecule has 5 heteroatoms. The molecule has 1 fully saturated rings. The fraction of sp³-hybridized carbons (Fsp3) is 0.833. The third-order valence-electron chi connectivity index (χ3n) is 3.61. The molecule has 1 aliphatic carbocycles. The van der Waals surface area contributed by atoms with Crippen LogP contribution in [-0.2, 0) is 9.59 Å². The van der Waals surface area contributed by atoms with Gasteiger partial charge in [0.15, 0.2) is 0 Å². The number of carboxylic acids is 1. The fourth-order valence-corrected chi connectivity index (χ4v) is 2.12. The van der Waals surface area contributed by atoms with Gasteiger partial charge < -0.3 is 10.0 Å². The largest absolute Gasteiger partial charge is 0.480 e. The van der Waals surface area contributed by atoms with Crippen LogP contribution in [0.1, 0.15) is 32.6 Å². The van der Waals surface area contributed by atoms with Gasteiger partial charge in [0, 0.05) is 14.1 Å². The van der Waals surface area contributed by atoms with Gasteiger partial charge in [-0.2, -0.15) is 0 Å². The van der Waals surface area contributed by atoms with E-state index in [4.69, 9.17) is 0 Å². The highest BCUT2D eigenvalue weighted by Gasteiger charge is 2.41. The van der Waals surface area contributed by atoms with Gasteiger partial charge in [-0.15, -0.1) is 0 Å². The highest BCUT2D eigenvalue weighted by atomic mass is 16.4. The second-order valence-corrected chi connectivity index (χ2v) is 5.21. The van der Waals surface area contributed by atoms with Gasteiger partial charge in [-0.3, -0.25) is 14.9 Å². The first-order chi connectivity index (χ1) is 7.87. The molecule has 5 nitrogen and oxygen atoms in total. The smallest absolute Gasteiger partial charge is 0.323 e. The molecular formula is C12H22N2O3. The first kappa shape index (κ1) is 14.0. The molecule has 98 valence electrons. The lowest BCUT2D eigenvalue weighted by atomic mass is 9.77. The second kappa shape index (κ2) is 5.49. The molecule has 1 amide bonds. The van der Waals surface area contributed by atoms with Crippen molar-refractivity contribution in [1.29, 1.82) is 0 Å². The molecule has 0 aliphatic heterocycles. The molecule has 0 bridgehead atoms. The van der Waals surface area contributed by atoms with Crippen molar-refractivity contribution in [3.05, 3.63) is 0 Å². The van der Waals surface area contributed by atoms with Crippen molar-refractivity contribution < 1.29 is 14.7 Å². The molecule has 17 heavy (non-hydrogen) atoms. The van der Waals surface area contributed by atoms with Crippen molar-refractivity contribution >= 4 is 11.9 Å². The van der Waals surface area contributed by atoms with Crippen molar-refractivity contribution in [2.75, 3.05) is 20.6 Å². The van der Waals surface area contributed by atoms with Crippen LogP contribution in [0.5, 0.6) is 0 Å². The minimum atomic E-state index is -0.905. The van der Waals surface area contributed by atoms with Gasteiger partial charge >= 0.3 is 5.97 Å². The van der Waals surface area contributed by atoms with Crippen LogP contribution in [0.4, 0.5) is 0 Å². The quantitative estimate of drug-likeness (QED) is 0.761. The van der Waals surface area contributed by atoms with Crippen molar-refractivity contribution in [2.45, 2.75) is 38.1 Å². The van der Waals surface area contributed by atoms with Crippen LogP contribution in [0, 0.1) is 5.92 Å². The number of nitrogens with zero attached hydrogens (tertiary/aromatic N) is 1. The Morgan fingerprint density at radius 1 is 1.35 bits per heavy atom. The minimum absolute atomic E-state index is 0.0910. The van der Waals surface area contributed by atoms with Crippen molar-refractivity contribution in [3.63, 3.8) is 0 Å². The van der Waals surface area contributed by atoms with E-state index in [1.807, 2.05) is 0 Å². The number of nitrogens with one attached hydrogen (secondary N) is 1. The molecule has 1 aliphatic rings. The Hall–Kier alpha value is -1.10. The third-order valence-corrected chi connectivity index (χ3v) is 3.61. The fourth-order valence-electron chi connectivity index (χ4n) is 2.12. The van der Waals surface area contributed by atoms with Crippen LogP contribution in [0.2, 0.25) is 0 Å². The lowest BCUT2D eigenvalue weighted by Gasteiger charge is -2.36. The number of rotatable bonds is 4. The van der Waals surface area contributed by atoms with Gasteiger partial charge in [-0.05, 0) is 31.6 Å². The van der Waals surface area contributed by atoms with Gasteiger partial charge in [0.25, 0.3) is 0 Å². The third kappa shape index (κ3) is 3.43. The van der Waals surface area contributed by atoms with Gasteiger partial charge in [0.2, 0.25) is 5.91 Å². The van der Waals surface area contributed by atoms with Crippen LogP contribution < -0.4 is 5.32 Å². The average Bonchev–Trinajstić information content (AvgIpc) is 2.27. The summed E-state index contributed by atoms with van der Waals surface area (Å²) in [6, 6.07) is 0. The molecular weight excluding hydrogens is 220 g/mol. The predicted octanol–water partition coefficient (Wildman–Crippen LogP) is 0.698. The van der Waals surface area contributed by atoms with E-state index in [1.165, 1.54) is 4.90 Å². The Balaban J connectivity index is 2.61. The van der Waals surface area contributed by atoms with Crippen molar-refractivity contribution in [2.24, 2.45) is 5.92 Å². The first-order valence-corrected chi connectivity index (χ1v) is 6.06. The van der Waals surface area contributed by atoms with E-state index in [2.05, 4.69) is 12.2 Å². The minimum Gasteiger partial charge on any atom is -0.480 e. The summed E-state index contributed by atoms with van der Waals surface area (Å²) in [6.45, 7) is 2.23. The van der Waals surface area contributed by atoms with Crippen LogP contribution in [0.25, 0.3) is 0 Å². The molecule has 0 saturated heterocycles. The number of hydrogen-bond donors (Lipinski definition) is 2. The lowest BCUT2D eigenvalue weighted by molar-refractivity contribution is -0.147. The number of hydrogen-bond acceptors (Lipinski definition) is 3. The Morgan fingerprint density at radius 3 is 2.29 bits per heavy atom. The molecule has 0 aromatic rings. The van der Waals surface area contributed by atoms with Gasteiger partial charge in [0.1, 0.15) is 5.54 Å². The second-order valence-electron chi connectivity index (χ2n) is 5.21. The normalized spacial score (nSPS) is 28.8. The summed E-state index contributed by atoms with van der Waals surface area (Å²) in [5.74, 6) is -0.353. The number of carbonyl (C=O) groups is 2. The summed E-state index contributed by atoms with van der Waals surface area (Å²) in [7, 11) is 3.33. The summed E-state index contributed by atoms with van der Waals surface area (Å²) in [4.78, 5) is 24.3. The number of carbonyl (C=O) groups excluding carboxylic acids is 1. The maximum Gasteiger partial charge on any atom is 0.323 e. The highest BCUT2D eigenvalue weighted by molar-refractivity contribution is 5.82. The molecule has 0 radical (unpaired) electrons. The Morgan fingerprint density at radius 2 is 1.88 bits per heavy atom. The predicted molar refractivity (Wildman–Crippen MR) is 64.7 cm³/mol. The van der Waals surface area contributed by atoms with Gasteiger partial charge in [-0.1, -0.05) is 6.92 Å². The number of likely N-dealkylation sites (N-methyl/N-ethyl adjacent to an activating group) is 1. The van der Waals surface area contributed by atoms with Crippen molar-refractivity contribution in [1.82, 2.24) is 10.2 Å². The molecule has 0 aromatic carbocycles. The summed E-state index contributed by atoms with van der Waals surface area (Å²) >= 11 is 0. The maximum absolute atomic E-state index is 11.5. The van der Waals surface area contributed by atoms with Crippen molar-refractivity contribution in [3.8, 4) is 0 Å². The van der Waals surface area contributed by atoms with Crippen LogP contribution in [0.15, 0.2) is 0 Å². The van der Waals surface area contributed by atoms with E-state index >= 15 is 0 Å². The molecule has 0 heterocycles. The Kier molecular flexibility index (Phi) is 4.51. The molecule has 0 aromatic heterocycles. The van der Waals surface area contributed by atoms with E-state index in [0.717, 1.165) is 12.8 Å². The monoisotopic (exact) mass is 242 g/mol. The number of aliphatic carboxylic acids is 1. The SMILES string of the molecule is CC1CCC(NCC(=O)N(C)C)(C(=O)O)CC1. The molecule has 1 rings (SSSR count). The molecule has 1 saturated carbocycles. The number of amides is 1. The summed E-state index contributed by atoms with van der Waals surface area (Å²) < 4.78 is 0. The van der Waals surface area contributed by atoms with E-state index < -0.39 is 11.5 Å². The molecule has 0 atom stereocenters. The zero-order valence-electron chi connectivity index (χ0n) is 10.8. The maximum atomic E-state index is 11.5. The topological polar surface area (TPSA) is 69.6 Å². The summed E-state index contributed by atoms with van der Waals surface area (Å²) in [5.41, 5.74) is -0.905. The van der Waals surface area contributed by atoms with E-state index in [1.54, 1.807) is 14.1 Å². The Labute approximate surface area is 102 Å². The lowest BCUT2D eigenvalue weighted by Crippen LogP contribution is -2.56. The zero-order chi connectivity index (χ0) is 13.1. The standard InChI is InChI=1S/C12H22N2O3/c1-9-4-6-12(7-5-9,11(16)17)13-8-10(15)14(2)3/h9,13H,4-8H2,1-3H3,(H,16,17). The van der Waals surface area contributed by atoms with Crippen LogP contribution >= 0.6 is 0 Å². The number of carboxylic acid groups (broad SMARTS) is 1. The highest BCUT2D eigenvalue weighted by Crippen LogP contribution is 2.32. The molecule has 0 spiro atoms. The van der Waals surface area contributed by atoms with Gasteiger partial charge in [0.05, 0.1) is 6.54 Å². The summed E-state index contributed by atoms with van der Waals surface area (Å²) in [5, 5.41) is 12.3. The van der Waals surface area contributed by atoms with E-state index in [9.17, 15) is 14.7 Å². The van der Waals surface area contributed by atoms with E-state index in [0.29, 0.717) is 18.8 Å². The zero-order valence-corrected chi connectivity index (χ0v) is 10.8. The van der Waals surface area contributed by atoms with Crippen LogP contribution in [-0.4, -0.2) is 48.1 Å². The van der Waals surface area contributed by atoms with Crippen LogP contribution in [0.3, 0.4) is 0 Å².